The highest BCUT2D eigenvalue weighted by Crippen LogP contribution is 2.32. The summed E-state index contributed by atoms with van der Waals surface area (Å²) in [6.07, 6.45) is 4.27. The first kappa shape index (κ1) is 19.8. The molecule has 0 atom stereocenters. The fourth-order valence-electron chi connectivity index (χ4n) is 3.24. The van der Waals surface area contributed by atoms with Gasteiger partial charge in [-0.3, -0.25) is 4.79 Å². The van der Waals surface area contributed by atoms with Crippen LogP contribution in [0.5, 0.6) is 0 Å². The second-order valence-corrected chi connectivity index (χ2v) is 6.66. The number of carbonyl (C=O) groups is 1. The molecular weight excluding hydrogens is 329 g/mol. The number of nitrogens with one attached hydrogen (secondary N) is 2. The second kappa shape index (κ2) is 9.80. The predicted molar refractivity (Wildman–Crippen MR) is 92.5 cm³/mol. The molecule has 1 aliphatic heterocycles. The van der Waals surface area contributed by atoms with Gasteiger partial charge in [0.1, 0.15) is 0 Å². The molecule has 0 aromatic heterocycles. The van der Waals surface area contributed by atoms with Gasteiger partial charge in [-0.05, 0) is 50.9 Å². The smallest absolute Gasteiger partial charge is 0.349 e. The molecule has 3 rings (SSSR count). The molecule has 2 aliphatic rings. The third-order valence-corrected chi connectivity index (χ3v) is 4.62. The van der Waals surface area contributed by atoms with Gasteiger partial charge >= 0.3 is 6.18 Å². The van der Waals surface area contributed by atoms with Crippen molar-refractivity contribution in [3.63, 3.8) is 0 Å². The summed E-state index contributed by atoms with van der Waals surface area (Å²) in [5.74, 6) is -0.621. The van der Waals surface area contributed by atoms with Crippen LogP contribution >= 0.6 is 0 Å². The first-order chi connectivity index (χ1) is 12.0. The fourth-order valence-corrected chi connectivity index (χ4v) is 3.24. The van der Waals surface area contributed by atoms with Crippen LogP contribution in [-0.2, 0) is 6.18 Å². The maximum Gasteiger partial charge on any atom is 0.417 e. The minimum Gasteiger partial charge on any atom is -0.349 e. The quantitative estimate of drug-likeness (QED) is 0.765. The van der Waals surface area contributed by atoms with Crippen molar-refractivity contribution in [1.29, 1.82) is 0 Å². The monoisotopic (exact) mass is 356 g/mol. The van der Waals surface area contributed by atoms with Gasteiger partial charge in [0, 0.05) is 6.04 Å². The Balaban J connectivity index is 0.000000386. The lowest BCUT2D eigenvalue weighted by Crippen LogP contribution is -2.35. The van der Waals surface area contributed by atoms with E-state index < -0.39 is 17.6 Å². The molecule has 6 heteroatoms. The van der Waals surface area contributed by atoms with Gasteiger partial charge in [-0.25, -0.2) is 0 Å². The van der Waals surface area contributed by atoms with E-state index in [9.17, 15) is 18.0 Å². The number of hydrogen-bond acceptors (Lipinski definition) is 2. The average molecular weight is 356 g/mol. The lowest BCUT2D eigenvalue weighted by Gasteiger charge is -2.18. The molecule has 1 aromatic carbocycles. The van der Waals surface area contributed by atoms with Gasteiger partial charge in [-0.15, -0.1) is 0 Å². The summed E-state index contributed by atoms with van der Waals surface area (Å²) in [4.78, 5) is 12.1. The van der Waals surface area contributed by atoms with Gasteiger partial charge in [0.2, 0.25) is 0 Å². The summed E-state index contributed by atoms with van der Waals surface area (Å²) in [6, 6.07) is 4.92. The van der Waals surface area contributed by atoms with Crippen molar-refractivity contribution in [2.75, 3.05) is 13.1 Å². The minimum atomic E-state index is -4.50. The lowest BCUT2D eigenvalue weighted by molar-refractivity contribution is -0.137. The molecule has 0 radical (unpaired) electrons. The molecule has 1 saturated carbocycles. The largest absolute Gasteiger partial charge is 0.417 e. The molecule has 140 valence electrons. The molecule has 0 bridgehead atoms. The molecule has 0 spiro atoms. The van der Waals surface area contributed by atoms with Gasteiger partial charge in [0.15, 0.2) is 0 Å². The van der Waals surface area contributed by atoms with E-state index in [0.717, 1.165) is 44.6 Å². The molecule has 1 aliphatic carbocycles. The summed E-state index contributed by atoms with van der Waals surface area (Å²) in [5.41, 5.74) is -1.16. The number of amides is 1. The molecule has 1 saturated heterocycles. The van der Waals surface area contributed by atoms with Crippen LogP contribution in [-0.4, -0.2) is 25.0 Å². The Labute approximate surface area is 147 Å². The van der Waals surface area contributed by atoms with Crippen molar-refractivity contribution in [2.24, 2.45) is 0 Å². The Bertz CT molecular complexity index is 526. The zero-order chi connectivity index (χ0) is 18.1. The van der Waals surface area contributed by atoms with Crippen LogP contribution in [0.4, 0.5) is 13.2 Å². The Kier molecular flexibility index (Phi) is 7.75. The number of hydrogen-bond donors (Lipinski definition) is 2. The molecule has 2 N–H and O–H groups in total. The topological polar surface area (TPSA) is 41.1 Å². The highest BCUT2D eigenvalue weighted by molar-refractivity contribution is 5.96. The molecular formula is C19H27F3N2O. The van der Waals surface area contributed by atoms with Crippen molar-refractivity contribution >= 4 is 5.91 Å². The highest BCUT2D eigenvalue weighted by Gasteiger charge is 2.35. The van der Waals surface area contributed by atoms with Crippen LogP contribution in [0.15, 0.2) is 24.3 Å². The normalized spacial score (nSPS) is 18.8. The first-order valence-electron chi connectivity index (χ1n) is 9.16. The molecule has 1 aromatic rings. The maximum absolute atomic E-state index is 12.9. The number of alkyl halides is 3. The van der Waals surface area contributed by atoms with Crippen molar-refractivity contribution < 1.29 is 18.0 Å². The number of rotatable bonds is 2. The predicted octanol–water partition coefficient (Wildman–Crippen LogP) is 4.53. The van der Waals surface area contributed by atoms with E-state index in [0.29, 0.717) is 0 Å². The van der Waals surface area contributed by atoms with Gasteiger partial charge in [0.25, 0.3) is 5.91 Å². The fraction of sp³-hybridized carbons (Fsp3) is 0.632. The zero-order valence-electron chi connectivity index (χ0n) is 14.5. The molecule has 0 unspecified atom stereocenters. The van der Waals surface area contributed by atoms with Crippen molar-refractivity contribution in [3.8, 4) is 0 Å². The Morgan fingerprint density at radius 2 is 1.56 bits per heavy atom. The average Bonchev–Trinajstić information content (AvgIpc) is 3.07. The van der Waals surface area contributed by atoms with E-state index in [1.165, 1.54) is 44.1 Å². The molecule has 3 nitrogen and oxygen atoms in total. The number of carbonyl (C=O) groups excluding carboxylic acids is 1. The summed E-state index contributed by atoms with van der Waals surface area (Å²) in [5, 5.41) is 5.97. The molecule has 25 heavy (non-hydrogen) atoms. The third kappa shape index (κ3) is 6.69. The third-order valence-electron chi connectivity index (χ3n) is 4.62. The van der Waals surface area contributed by atoms with Gasteiger partial charge in [-0.2, -0.15) is 13.2 Å². The van der Waals surface area contributed by atoms with Crippen LogP contribution in [0, 0.1) is 0 Å². The van der Waals surface area contributed by atoms with Gasteiger partial charge in [0.05, 0.1) is 11.1 Å². The standard InChI is InChI=1S/C15H18F3NO.C4H9N/c16-15(17,18)13-10-6-5-9-12(13)14(20)19-11-7-3-1-2-4-8-11;1-2-4-5-3-1/h5-6,9-11H,1-4,7-8H2,(H,19,20);5H,1-4H2. The van der Waals surface area contributed by atoms with Gasteiger partial charge < -0.3 is 10.6 Å². The van der Waals surface area contributed by atoms with Crippen LogP contribution in [0.3, 0.4) is 0 Å². The minimum absolute atomic E-state index is 0.00807. The van der Waals surface area contributed by atoms with Crippen LogP contribution in [0.25, 0.3) is 0 Å². The Morgan fingerprint density at radius 3 is 2.08 bits per heavy atom. The SMILES string of the molecule is C1CCNC1.O=C(NC1CCCCCC1)c1ccccc1C(F)(F)F. The zero-order valence-corrected chi connectivity index (χ0v) is 14.5. The van der Waals surface area contributed by atoms with Crippen molar-refractivity contribution in [1.82, 2.24) is 10.6 Å². The summed E-state index contributed by atoms with van der Waals surface area (Å²) >= 11 is 0. The van der Waals surface area contributed by atoms with Crippen LogP contribution in [0.2, 0.25) is 0 Å². The van der Waals surface area contributed by atoms with Crippen LogP contribution in [0.1, 0.15) is 67.3 Å². The van der Waals surface area contributed by atoms with Crippen molar-refractivity contribution in [3.05, 3.63) is 35.4 Å². The first-order valence-corrected chi connectivity index (χ1v) is 9.16. The Hall–Kier alpha value is -1.56. The summed E-state index contributed by atoms with van der Waals surface area (Å²) in [6.45, 7) is 2.50. The Morgan fingerprint density at radius 1 is 0.960 bits per heavy atom. The van der Waals surface area contributed by atoms with E-state index in [1.807, 2.05) is 0 Å². The van der Waals surface area contributed by atoms with E-state index in [2.05, 4.69) is 10.6 Å². The summed E-state index contributed by atoms with van der Waals surface area (Å²) < 4.78 is 38.6. The summed E-state index contributed by atoms with van der Waals surface area (Å²) in [7, 11) is 0. The van der Waals surface area contributed by atoms with E-state index in [1.54, 1.807) is 0 Å². The van der Waals surface area contributed by atoms with E-state index >= 15 is 0 Å². The molecule has 1 heterocycles. The van der Waals surface area contributed by atoms with Crippen LogP contribution < -0.4 is 10.6 Å². The number of halogens is 3. The van der Waals surface area contributed by atoms with E-state index in [4.69, 9.17) is 0 Å². The van der Waals surface area contributed by atoms with Gasteiger partial charge in [-0.1, -0.05) is 37.8 Å². The van der Waals surface area contributed by atoms with Crippen molar-refractivity contribution in [2.45, 2.75) is 63.6 Å². The number of benzene rings is 1. The maximum atomic E-state index is 12.9. The molecule has 2 fully saturated rings. The molecule has 1 amide bonds. The van der Waals surface area contributed by atoms with E-state index in [-0.39, 0.29) is 11.6 Å². The lowest BCUT2D eigenvalue weighted by atomic mass is 10.0. The second-order valence-electron chi connectivity index (χ2n) is 6.66. The highest BCUT2D eigenvalue weighted by atomic mass is 19.4.